The molecular formula is C22H31N3O5S. The van der Waals surface area contributed by atoms with Gasteiger partial charge in [-0.25, -0.2) is 8.42 Å². The highest BCUT2D eigenvalue weighted by atomic mass is 32.2. The third kappa shape index (κ3) is 4.72. The Bertz CT molecular complexity index is 956. The summed E-state index contributed by atoms with van der Waals surface area (Å²) in [7, 11) is -3.79. The summed E-state index contributed by atoms with van der Waals surface area (Å²) in [5.41, 5.74) is 0.349. The van der Waals surface area contributed by atoms with Gasteiger partial charge < -0.3 is 15.4 Å². The molecule has 1 saturated carbocycles. The van der Waals surface area contributed by atoms with Crippen molar-refractivity contribution >= 4 is 27.5 Å². The van der Waals surface area contributed by atoms with Gasteiger partial charge in [0, 0.05) is 19.1 Å². The normalized spacial score (nSPS) is 29.4. The van der Waals surface area contributed by atoms with Crippen LogP contribution in [0.15, 0.2) is 23.1 Å². The molecular weight excluding hydrogens is 418 g/mol. The Morgan fingerprint density at radius 3 is 2.65 bits per heavy atom. The Labute approximate surface area is 183 Å². The minimum Gasteiger partial charge on any atom is -0.479 e. The van der Waals surface area contributed by atoms with E-state index < -0.39 is 16.1 Å². The molecule has 3 aliphatic rings. The number of hydrogen-bond acceptors (Lipinski definition) is 5. The predicted molar refractivity (Wildman–Crippen MR) is 116 cm³/mol. The standard InChI is InChI=1S/C22H31N3O5S/c1-14-5-7-17(8-6-14)23-22(27)16-4-3-11-25(13-16)31(28,29)18-9-10-20-19(12-18)24-21(26)15(2)30-20/h9-10,12,14-17H,3-8,11,13H2,1-2H3,(H,23,27)(H,24,26)/t14?,15-,16-,17?/m1/s1. The first-order valence-corrected chi connectivity index (χ1v) is 12.6. The van der Waals surface area contributed by atoms with Crippen molar-refractivity contribution in [2.75, 3.05) is 18.4 Å². The van der Waals surface area contributed by atoms with E-state index in [0.29, 0.717) is 36.7 Å². The van der Waals surface area contributed by atoms with Crippen LogP contribution in [0.2, 0.25) is 0 Å². The van der Waals surface area contributed by atoms with Gasteiger partial charge in [0.1, 0.15) is 5.75 Å². The highest BCUT2D eigenvalue weighted by Crippen LogP contribution is 2.34. The van der Waals surface area contributed by atoms with E-state index in [2.05, 4.69) is 17.6 Å². The van der Waals surface area contributed by atoms with Crippen molar-refractivity contribution in [2.24, 2.45) is 11.8 Å². The molecule has 2 heterocycles. The summed E-state index contributed by atoms with van der Waals surface area (Å²) in [6.45, 7) is 4.43. The van der Waals surface area contributed by atoms with Crippen LogP contribution in [-0.4, -0.2) is 49.8 Å². The third-order valence-electron chi connectivity index (χ3n) is 6.64. The Balaban J connectivity index is 1.44. The number of fused-ring (bicyclic) bond motifs is 1. The summed E-state index contributed by atoms with van der Waals surface area (Å²) in [6, 6.07) is 4.69. The summed E-state index contributed by atoms with van der Waals surface area (Å²) in [5.74, 6) is 0.458. The zero-order valence-corrected chi connectivity index (χ0v) is 18.9. The Morgan fingerprint density at radius 1 is 1.16 bits per heavy atom. The monoisotopic (exact) mass is 449 g/mol. The van der Waals surface area contributed by atoms with E-state index in [9.17, 15) is 18.0 Å². The average Bonchev–Trinajstić information content (AvgIpc) is 2.76. The Morgan fingerprint density at radius 2 is 1.90 bits per heavy atom. The number of benzene rings is 1. The molecule has 0 bridgehead atoms. The summed E-state index contributed by atoms with van der Waals surface area (Å²) in [5, 5.41) is 5.84. The van der Waals surface area contributed by atoms with Crippen molar-refractivity contribution in [1.82, 2.24) is 9.62 Å². The van der Waals surface area contributed by atoms with Gasteiger partial charge >= 0.3 is 0 Å². The molecule has 0 aromatic heterocycles. The van der Waals surface area contributed by atoms with Gasteiger partial charge in [0.05, 0.1) is 16.5 Å². The van der Waals surface area contributed by atoms with E-state index in [1.54, 1.807) is 13.0 Å². The van der Waals surface area contributed by atoms with Gasteiger partial charge in [-0.3, -0.25) is 9.59 Å². The van der Waals surface area contributed by atoms with Crippen LogP contribution in [-0.2, 0) is 19.6 Å². The van der Waals surface area contributed by atoms with Gasteiger partial charge in [0.15, 0.2) is 6.10 Å². The number of sulfonamides is 1. The van der Waals surface area contributed by atoms with Crippen LogP contribution >= 0.6 is 0 Å². The van der Waals surface area contributed by atoms with Crippen LogP contribution < -0.4 is 15.4 Å². The highest BCUT2D eigenvalue weighted by Gasteiger charge is 2.35. The summed E-state index contributed by atoms with van der Waals surface area (Å²) >= 11 is 0. The zero-order valence-electron chi connectivity index (χ0n) is 18.1. The second kappa shape index (κ2) is 8.78. The topological polar surface area (TPSA) is 105 Å². The molecule has 2 N–H and O–H groups in total. The summed E-state index contributed by atoms with van der Waals surface area (Å²) in [4.78, 5) is 24.8. The lowest BCUT2D eigenvalue weighted by molar-refractivity contribution is -0.127. The molecule has 2 atom stereocenters. The number of anilines is 1. The smallest absolute Gasteiger partial charge is 0.265 e. The van der Waals surface area contributed by atoms with Crippen LogP contribution in [0.1, 0.15) is 52.4 Å². The zero-order chi connectivity index (χ0) is 22.2. The van der Waals surface area contributed by atoms with Crippen LogP contribution in [0.3, 0.4) is 0 Å². The quantitative estimate of drug-likeness (QED) is 0.735. The largest absolute Gasteiger partial charge is 0.479 e. The molecule has 8 nitrogen and oxygen atoms in total. The van der Waals surface area contributed by atoms with Gasteiger partial charge in [0.25, 0.3) is 5.91 Å². The van der Waals surface area contributed by atoms with Crippen molar-refractivity contribution < 1.29 is 22.7 Å². The number of hydrogen-bond donors (Lipinski definition) is 2. The molecule has 0 spiro atoms. The minimum absolute atomic E-state index is 0.0421. The minimum atomic E-state index is -3.79. The highest BCUT2D eigenvalue weighted by molar-refractivity contribution is 7.89. The lowest BCUT2D eigenvalue weighted by Crippen LogP contribution is -2.48. The Hall–Kier alpha value is -2.13. The molecule has 170 valence electrons. The SMILES string of the molecule is CC1CCC(NC(=O)[C@@H]2CCCN(S(=O)(=O)c3ccc4c(c3)NC(=O)[C@@H](C)O4)C2)CC1. The molecule has 1 aromatic carbocycles. The molecule has 2 amide bonds. The van der Waals surface area contributed by atoms with Gasteiger partial charge in [-0.05, 0) is 69.6 Å². The van der Waals surface area contributed by atoms with E-state index in [0.717, 1.165) is 25.7 Å². The van der Waals surface area contributed by atoms with Crippen molar-refractivity contribution in [3.05, 3.63) is 18.2 Å². The maximum atomic E-state index is 13.3. The second-order valence-electron chi connectivity index (χ2n) is 9.07. The van der Waals surface area contributed by atoms with Crippen molar-refractivity contribution in [3.8, 4) is 5.75 Å². The molecule has 9 heteroatoms. The van der Waals surface area contributed by atoms with E-state index in [1.807, 2.05) is 0 Å². The van der Waals surface area contributed by atoms with Crippen molar-refractivity contribution in [3.63, 3.8) is 0 Å². The molecule has 1 saturated heterocycles. The maximum Gasteiger partial charge on any atom is 0.265 e. The Kier molecular flexibility index (Phi) is 6.25. The lowest BCUT2D eigenvalue weighted by atomic mass is 9.87. The van der Waals surface area contributed by atoms with E-state index in [-0.39, 0.29) is 35.2 Å². The average molecular weight is 450 g/mol. The maximum absolute atomic E-state index is 13.3. The van der Waals surface area contributed by atoms with Crippen LogP contribution in [0, 0.1) is 11.8 Å². The first-order chi connectivity index (χ1) is 14.7. The number of rotatable bonds is 4. The first kappa shape index (κ1) is 22.1. The number of carbonyl (C=O) groups excluding carboxylic acids is 2. The molecule has 0 unspecified atom stereocenters. The molecule has 0 radical (unpaired) electrons. The molecule has 2 fully saturated rings. The molecule has 1 aliphatic carbocycles. The van der Waals surface area contributed by atoms with E-state index in [4.69, 9.17) is 4.74 Å². The molecule has 31 heavy (non-hydrogen) atoms. The van der Waals surface area contributed by atoms with Crippen molar-refractivity contribution in [2.45, 2.75) is 69.4 Å². The fourth-order valence-electron chi connectivity index (χ4n) is 4.60. The number of amides is 2. The fraction of sp³-hybridized carbons (Fsp3) is 0.636. The van der Waals surface area contributed by atoms with Gasteiger partial charge in [-0.1, -0.05) is 6.92 Å². The van der Waals surface area contributed by atoms with Gasteiger partial charge in [0.2, 0.25) is 15.9 Å². The third-order valence-corrected chi connectivity index (χ3v) is 8.50. The van der Waals surface area contributed by atoms with E-state index in [1.165, 1.54) is 16.4 Å². The second-order valence-corrected chi connectivity index (χ2v) is 11.0. The fourth-order valence-corrected chi connectivity index (χ4v) is 6.15. The number of piperidine rings is 1. The molecule has 2 aliphatic heterocycles. The summed E-state index contributed by atoms with van der Waals surface area (Å²) < 4.78 is 33.4. The predicted octanol–water partition coefficient (Wildman–Crippen LogP) is 2.50. The van der Waals surface area contributed by atoms with Crippen molar-refractivity contribution in [1.29, 1.82) is 0 Å². The molecule has 1 aromatic rings. The number of nitrogens with zero attached hydrogens (tertiary/aromatic N) is 1. The van der Waals surface area contributed by atoms with Gasteiger partial charge in [-0.15, -0.1) is 0 Å². The lowest BCUT2D eigenvalue weighted by Gasteiger charge is -2.33. The van der Waals surface area contributed by atoms with Crippen LogP contribution in [0.4, 0.5) is 5.69 Å². The van der Waals surface area contributed by atoms with Crippen LogP contribution in [0.25, 0.3) is 0 Å². The number of nitrogens with one attached hydrogen (secondary N) is 2. The number of ether oxygens (including phenoxy) is 1. The van der Waals surface area contributed by atoms with Crippen LogP contribution in [0.5, 0.6) is 5.75 Å². The molecule has 4 rings (SSSR count). The first-order valence-electron chi connectivity index (χ1n) is 11.2. The number of carbonyl (C=O) groups is 2. The van der Waals surface area contributed by atoms with E-state index >= 15 is 0 Å². The van der Waals surface area contributed by atoms with Gasteiger partial charge in [-0.2, -0.15) is 4.31 Å². The summed E-state index contributed by atoms with van der Waals surface area (Å²) in [6.07, 6.45) is 4.92.